The van der Waals surface area contributed by atoms with Crippen LogP contribution in [0.2, 0.25) is 5.02 Å². The predicted molar refractivity (Wildman–Crippen MR) is 84.0 cm³/mol. The quantitative estimate of drug-likeness (QED) is 0.788. The number of ether oxygens (including phenoxy) is 1. The molecule has 0 saturated heterocycles. The van der Waals surface area contributed by atoms with E-state index < -0.39 is 0 Å². The molecule has 0 fully saturated rings. The minimum Gasteiger partial charge on any atom is -0.491 e. The number of rotatable bonds is 5. The first-order chi connectivity index (χ1) is 9.60. The molecule has 2 rings (SSSR count). The van der Waals surface area contributed by atoms with Gasteiger partial charge in [0.05, 0.1) is 16.8 Å². The molecule has 106 valence electrons. The molecule has 5 heteroatoms. The lowest BCUT2D eigenvalue weighted by Crippen LogP contribution is -2.03. The fourth-order valence-electron chi connectivity index (χ4n) is 1.78. The van der Waals surface area contributed by atoms with Gasteiger partial charge in [0.15, 0.2) is 5.75 Å². The Morgan fingerprint density at radius 2 is 1.95 bits per heavy atom. The number of halogens is 3. The van der Waals surface area contributed by atoms with Crippen LogP contribution in [0.1, 0.15) is 12.5 Å². The zero-order chi connectivity index (χ0) is 14.5. The first-order valence-electron chi connectivity index (χ1n) is 6.20. The van der Waals surface area contributed by atoms with Gasteiger partial charge in [0.2, 0.25) is 0 Å². The molecule has 0 bridgehead atoms. The highest BCUT2D eigenvalue weighted by Gasteiger charge is 2.10. The van der Waals surface area contributed by atoms with Gasteiger partial charge in [0, 0.05) is 11.6 Å². The van der Waals surface area contributed by atoms with Crippen LogP contribution in [-0.2, 0) is 6.54 Å². The number of hydrogen-bond donors (Lipinski definition) is 1. The molecular formula is C15H14BrClFNO. The predicted octanol–water partition coefficient (Wildman–Crippen LogP) is 5.25. The van der Waals surface area contributed by atoms with E-state index in [1.165, 1.54) is 12.1 Å². The fraction of sp³-hybridized carbons (Fsp3) is 0.200. The zero-order valence-corrected chi connectivity index (χ0v) is 13.3. The maximum atomic E-state index is 12.9. The highest BCUT2D eigenvalue weighted by molar-refractivity contribution is 9.10. The molecular weight excluding hydrogens is 345 g/mol. The molecule has 2 aromatic carbocycles. The van der Waals surface area contributed by atoms with E-state index in [0.717, 1.165) is 21.5 Å². The molecule has 0 saturated carbocycles. The van der Waals surface area contributed by atoms with Crippen LogP contribution in [0.5, 0.6) is 5.75 Å². The SMILES string of the molecule is CCOc1c(Br)cc(Cl)cc1NCc1ccc(F)cc1. The second kappa shape index (κ2) is 6.95. The van der Waals surface area contributed by atoms with E-state index in [-0.39, 0.29) is 5.82 Å². The van der Waals surface area contributed by atoms with Crippen molar-refractivity contribution in [1.29, 1.82) is 0 Å². The van der Waals surface area contributed by atoms with E-state index >= 15 is 0 Å². The summed E-state index contributed by atoms with van der Waals surface area (Å²) in [6.45, 7) is 3.05. The van der Waals surface area contributed by atoms with Crippen LogP contribution >= 0.6 is 27.5 Å². The molecule has 1 N–H and O–H groups in total. The number of nitrogens with one attached hydrogen (secondary N) is 1. The standard InChI is InChI=1S/C15H14BrClFNO/c1-2-20-15-13(16)7-11(17)8-14(15)19-9-10-3-5-12(18)6-4-10/h3-8,19H,2,9H2,1H3. The fourth-order valence-corrected chi connectivity index (χ4v) is 2.71. The Hall–Kier alpha value is -1.26. The second-order valence-electron chi connectivity index (χ2n) is 4.18. The van der Waals surface area contributed by atoms with Crippen molar-refractivity contribution in [3.8, 4) is 5.75 Å². The van der Waals surface area contributed by atoms with Gasteiger partial charge >= 0.3 is 0 Å². The summed E-state index contributed by atoms with van der Waals surface area (Å²) >= 11 is 9.49. The Kier molecular flexibility index (Phi) is 5.26. The Morgan fingerprint density at radius 1 is 1.25 bits per heavy atom. The van der Waals surface area contributed by atoms with E-state index in [1.54, 1.807) is 24.3 Å². The molecule has 20 heavy (non-hydrogen) atoms. The van der Waals surface area contributed by atoms with E-state index in [1.807, 2.05) is 6.92 Å². The van der Waals surface area contributed by atoms with E-state index in [0.29, 0.717) is 18.2 Å². The molecule has 2 aromatic rings. The maximum Gasteiger partial charge on any atom is 0.156 e. The second-order valence-corrected chi connectivity index (χ2v) is 5.47. The van der Waals surface area contributed by atoms with E-state index in [9.17, 15) is 4.39 Å². The van der Waals surface area contributed by atoms with Crippen LogP contribution < -0.4 is 10.1 Å². The van der Waals surface area contributed by atoms with E-state index in [4.69, 9.17) is 16.3 Å². The largest absolute Gasteiger partial charge is 0.491 e. The van der Waals surface area contributed by atoms with Crippen molar-refractivity contribution in [1.82, 2.24) is 0 Å². The third-order valence-electron chi connectivity index (χ3n) is 2.69. The molecule has 0 unspecified atom stereocenters. The van der Waals surface area contributed by atoms with Gasteiger partial charge in [-0.25, -0.2) is 4.39 Å². The smallest absolute Gasteiger partial charge is 0.156 e. The van der Waals surface area contributed by atoms with Crippen molar-refractivity contribution in [3.05, 3.63) is 57.3 Å². The Bertz CT molecular complexity index is 589. The van der Waals surface area contributed by atoms with Gasteiger partial charge in [-0.05, 0) is 52.7 Å². The third-order valence-corrected chi connectivity index (χ3v) is 3.50. The number of hydrogen-bond acceptors (Lipinski definition) is 2. The lowest BCUT2D eigenvalue weighted by atomic mass is 10.2. The van der Waals surface area contributed by atoms with Crippen LogP contribution in [0.25, 0.3) is 0 Å². The van der Waals surface area contributed by atoms with E-state index in [2.05, 4.69) is 21.2 Å². The molecule has 2 nitrogen and oxygen atoms in total. The van der Waals surface area contributed by atoms with Crippen molar-refractivity contribution in [2.45, 2.75) is 13.5 Å². The summed E-state index contributed by atoms with van der Waals surface area (Å²) in [6, 6.07) is 9.95. The monoisotopic (exact) mass is 357 g/mol. The summed E-state index contributed by atoms with van der Waals surface area (Å²) in [6.07, 6.45) is 0. The van der Waals surface area contributed by atoms with Crippen molar-refractivity contribution >= 4 is 33.2 Å². The van der Waals surface area contributed by atoms with Crippen LogP contribution in [0.15, 0.2) is 40.9 Å². The molecule has 0 spiro atoms. The van der Waals surface area contributed by atoms with Gasteiger partial charge in [-0.15, -0.1) is 0 Å². The molecule has 0 aliphatic rings. The van der Waals surface area contributed by atoms with Gasteiger partial charge in [0.1, 0.15) is 5.82 Å². The van der Waals surface area contributed by atoms with Gasteiger partial charge in [-0.3, -0.25) is 0 Å². The summed E-state index contributed by atoms with van der Waals surface area (Å²) < 4.78 is 19.3. The summed E-state index contributed by atoms with van der Waals surface area (Å²) in [4.78, 5) is 0. The van der Waals surface area contributed by atoms with Crippen LogP contribution in [0.4, 0.5) is 10.1 Å². The van der Waals surface area contributed by atoms with Crippen molar-refractivity contribution < 1.29 is 9.13 Å². The lowest BCUT2D eigenvalue weighted by molar-refractivity contribution is 0.339. The van der Waals surface area contributed by atoms with Crippen LogP contribution in [0, 0.1) is 5.82 Å². The van der Waals surface area contributed by atoms with Gasteiger partial charge < -0.3 is 10.1 Å². The van der Waals surface area contributed by atoms with Crippen LogP contribution in [0.3, 0.4) is 0 Å². The molecule has 0 radical (unpaired) electrons. The highest BCUT2D eigenvalue weighted by atomic mass is 79.9. The number of anilines is 1. The van der Waals surface area contributed by atoms with Crippen molar-refractivity contribution in [2.24, 2.45) is 0 Å². The van der Waals surface area contributed by atoms with Gasteiger partial charge in [-0.2, -0.15) is 0 Å². The maximum absolute atomic E-state index is 12.9. The zero-order valence-electron chi connectivity index (χ0n) is 10.9. The normalized spacial score (nSPS) is 10.4. The Balaban J connectivity index is 2.17. The molecule has 0 atom stereocenters. The summed E-state index contributed by atoms with van der Waals surface area (Å²) in [5.41, 5.74) is 1.78. The van der Waals surface area contributed by atoms with Gasteiger partial charge in [0.25, 0.3) is 0 Å². The van der Waals surface area contributed by atoms with Crippen molar-refractivity contribution in [3.63, 3.8) is 0 Å². The minimum atomic E-state index is -0.241. The third kappa shape index (κ3) is 3.87. The average Bonchev–Trinajstić information content (AvgIpc) is 2.41. The summed E-state index contributed by atoms with van der Waals surface area (Å²) in [7, 11) is 0. The molecule has 0 heterocycles. The minimum absolute atomic E-state index is 0.241. The first kappa shape index (κ1) is 15.1. The molecule has 0 amide bonds. The molecule has 0 aromatic heterocycles. The van der Waals surface area contributed by atoms with Gasteiger partial charge in [-0.1, -0.05) is 23.7 Å². The average molecular weight is 359 g/mol. The Labute approximate surface area is 131 Å². The molecule has 0 aliphatic carbocycles. The van der Waals surface area contributed by atoms with Crippen molar-refractivity contribution in [2.75, 3.05) is 11.9 Å². The Morgan fingerprint density at radius 3 is 2.60 bits per heavy atom. The number of benzene rings is 2. The molecule has 0 aliphatic heterocycles. The summed E-state index contributed by atoms with van der Waals surface area (Å²) in [5.74, 6) is 0.480. The highest BCUT2D eigenvalue weighted by Crippen LogP contribution is 2.36. The topological polar surface area (TPSA) is 21.3 Å². The summed E-state index contributed by atoms with van der Waals surface area (Å²) in [5, 5.41) is 3.87. The lowest BCUT2D eigenvalue weighted by Gasteiger charge is -2.14. The van der Waals surface area contributed by atoms with Crippen LogP contribution in [-0.4, -0.2) is 6.61 Å². The first-order valence-corrected chi connectivity index (χ1v) is 7.37.